The summed E-state index contributed by atoms with van der Waals surface area (Å²) >= 11 is 0. The Balaban J connectivity index is 1.60. The molecule has 152 valence electrons. The highest BCUT2D eigenvalue weighted by molar-refractivity contribution is 5.77. The monoisotopic (exact) mass is 387 g/mol. The van der Waals surface area contributed by atoms with E-state index in [9.17, 15) is 9.59 Å². The third-order valence-electron chi connectivity index (χ3n) is 5.24. The Hall–Kier alpha value is -2.48. The quantitative estimate of drug-likeness (QED) is 0.722. The van der Waals surface area contributed by atoms with Crippen LogP contribution < -0.4 is 0 Å². The minimum absolute atomic E-state index is 0.0739. The van der Waals surface area contributed by atoms with Gasteiger partial charge in [0.15, 0.2) is 5.65 Å². The predicted molar refractivity (Wildman–Crippen MR) is 106 cm³/mol. The van der Waals surface area contributed by atoms with Crippen LogP contribution in [0.2, 0.25) is 0 Å². The number of imidazole rings is 1. The fraction of sp³-hybridized carbons (Fsp3) is 0.600. The predicted octanol–water partition coefficient (Wildman–Crippen LogP) is 1.65. The summed E-state index contributed by atoms with van der Waals surface area (Å²) in [7, 11) is 1.69. The van der Waals surface area contributed by atoms with E-state index >= 15 is 0 Å². The Bertz CT molecular complexity index is 826. The van der Waals surface area contributed by atoms with Gasteiger partial charge in [-0.25, -0.2) is 9.97 Å². The number of fused-ring (bicyclic) bond motifs is 1. The summed E-state index contributed by atoms with van der Waals surface area (Å²) in [6.07, 6.45) is 3.70. The molecule has 0 unspecified atom stereocenters. The molecule has 1 aliphatic rings. The van der Waals surface area contributed by atoms with Gasteiger partial charge in [-0.3, -0.25) is 9.59 Å². The first-order chi connectivity index (χ1) is 13.5. The second kappa shape index (κ2) is 9.14. The van der Waals surface area contributed by atoms with Crippen LogP contribution in [0.1, 0.15) is 38.6 Å². The molecule has 0 aliphatic carbocycles. The van der Waals surface area contributed by atoms with E-state index in [-0.39, 0.29) is 17.9 Å². The number of amides is 2. The minimum Gasteiger partial charge on any atom is -0.383 e. The lowest BCUT2D eigenvalue weighted by Gasteiger charge is -2.34. The zero-order valence-corrected chi connectivity index (χ0v) is 16.9. The van der Waals surface area contributed by atoms with Crippen LogP contribution in [0.4, 0.5) is 0 Å². The van der Waals surface area contributed by atoms with Gasteiger partial charge in [-0.05, 0) is 25.5 Å². The Kier molecular flexibility index (Phi) is 6.61. The van der Waals surface area contributed by atoms with E-state index in [0.29, 0.717) is 45.6 Å². The number of rotatable bonds is 7. The molecule has 1 atom stereocenters. The number of pyridine rings is 1. The maximum absolute atomic E-state index is 12.5. The highest BCUT2D eigenvalue weighted by Crippen LogP contribution is 2.21. The molecule has 0 aromatic carbocycles. The average molecular weight is 387 g/mol. The van der Waals surface area contributed by atoms with Gasteiger partial charge in [0.25, 0.3) is 0 Å². The van der Waals surface area contributed by atoms with Crippen molar-refractivity contribution in [2.45, 2.75) is 39.2 Å². The van der Waals surface area contributed by atoms with Crippen molar-refractivity contribution in [1.29, 1.82) is 0 Å². The van der Waals surface area contributed by atoms with E-state index in [1.807, 2.05) is 17.0 Å². The number of hydrogen-bond acceptors (Lipinski definition) is 5. The van der Waals surface area contributed by atoms with Crippen molar-refractivity contribution in [2.75, 3.05) is 39.9 Å². The van der Waals surface area contributed by atoms with Crippen molar-refractivity contribution < 1.29 is 14.3 Å². The van der Waals surface area contributed by atoms with Gasteiger partial charge in [-0.2, -0.15) is 0 Å². The average Bonchev–Trinajstić information content (AvgIpc) is 3.06. The number of hydrogen-bond donors (Lipinski definition) is 0. The number of ether oxygens (including phenoxy) is 1. The summed E-state index contributed by atoms with van der Waals surface area (Å²) in [6, 6.07) is 3.96. The van der Waals surface area contributed by atoms with Gasteiger partial charge in [0.05, 0.1) is 12.6 Å². The second-order valence-electron chi connectivity index (χ2n) is 7.29. The zero-order valence-electron chi connectivity index (χ0n) is 16.9. The van der Waals surface area contributed by atoms with Crippen LogP contribution in [0.15, 0.2) is 18.3 Å². The molecule has 28 heavy (non-hydrogen) atoms. The molecule has 1 aliphatic heterocycles. The molecule has 8 nitrogen and oxygen atoms in total. The first-order valence-corrected chi connectivity index (χ1v) is 9.85. The summed E-state index contributed by atoms with van der Waals surface area (Å²) in [6.45, 7) is 6.71. The summed E-state index contributed by atoms with van der Waals surface area (Å²) in [5.74, 6) is 1.16. The molecule has 0 N–H and O–H groups in total. The first-order valence-electron chi connectivity index (χ1n) is 9.85. The van der Waals surface area contributed by atoms with Gasteiger partial charge in [-0.1, -0.05) is 0 Å². The molecular formula is C20H29N5O3. The number of aryl methyl sites for hydroxylation is 1. The summed E-state index contributed by atoms with van der Waals surface area (Å²) < 4.78 is 7.43. The molecule has 2 aromatic heterocycles. The highest BCUT2D eigenvalue weighted by Gasteiger charge is 2.22. The second-order valence-corrected chi connectivity index (χ2v) is 7.29. The Morgan fingerprint density at radius 3 is 2.61 bits per heavy atom. The molecule has 0 spiro atoms. The van der Waals surface area contributed by atoms with E-state index < -0.39 is 0 Å². The third-order valence-corrected chi connectivity index (χ3v) is 5.24. The molecular weight excluding hydrogens is 358 g/mol. The molecule has 2 amide bonds. The summed E-state index contributed by atoms with van der Waals surface area (Å²) in [5.41, 5.74) is 1.72. The molecule has 0 radical (unpaired) electrons. The maximum Gasteiger partial charge on any atom is 0.222 e. The molecule has 3 heterocycles. The fourth-order valence-corrected chi connectivity index (χ4v) is 3.76. The van der Waals surface area contributed by atoms with Crippen molar-refractivity contribution in [2.24, 2.45) is 0 Å². The van der Waals surface area contributed by atoms with Gasteiger partial charge in [0, 0.05) is 59.3 Å². The Labute approximate surface area is 165 Å². The summed E-state index contributed by atoms with van der Waals surface area (Å²) in [5, 5.41) is 0. The smallest absolute Gasteiger partial charge is 0.222 e. The van der Waals surface area contributed by atoms with Crippen LogP contribution in [-0.4, -0.2) is 76.0 Å². The van der Waals surface area contributed by atoms with E-state index in [0.717, 1.165) is 23.4 Å². The number of carbonyl (C=O) groups excluding carboxylic acids is 2. The fourth-order valence-electron chi connectivity index (χ4n) is 3.76. The number of methoxy groups -OCH3 is 1. The van der Waals surface area contributed by atoms with Crippen molar-refractivity contribution >= 4 is 23.0 Å². The summed E-state index contributed by atoms with van der Waals surface area (Å²) in [4.78, 5) is 36.8. The number of carbonyl (C=O) groups is 2. The van der Waals surface area contributed by atoms with Crippen LogP contribution in [0.3, 0.4) is 0 Å². The standard InChI is InChI=1S/C20H29N5O3/c1-15(14-28-3)25-18(22-17-6-5-9-21-20(17)25)7-4-8-19(27)24-12-10-23(11-13-24)16(2)26/h5-6,9,15H,4,7-8,10-14H2,1-3H3/t15-/m0/s1. The SMILES string of the molecule is COC[C@H](C)n1c(CCCC(=O)N2CCN(C(C)=O)CC2)nc2cccnc21. The van der Waals surface area contributed by atoms with Crippen LogP contribution in [0.25, 0.3) is 11.2 Å². The molecule has 0 saturated carbocycles. The Morgan fingerprint density at radius 1 is 1.21 bits per heavy atom. The van der Waals surface area contributed by atoms with E-state index in [1.165, 1.54) is 0 Å². The van der Waals surface area contributed by atoms with Crippen molar-refractivity contribution in [1.82, 2.24) is 24.3 Å². The van der Waals surface area contributed by atoms with E-state index in [4.69, 9.17) is 9.72 Å². The van der Waals surface area contributed by atoms with Gasteiger partial charge in [-0.15, -0.1) is 0 Å². The van der Waals surface area contributed by atoms with Crippen molar-refractivity contribution in [3.63, 3.8) is 0 Å². The van der Waals surface area contributed by atoms with Gasteiger partial charge < -0.3 is 19.1 Å². The lowest BCUT2D eigenvalue weighted by Crippen LogP contribution is -2.50. The normalized spacial score (nSPS) is 15.8. The maximum atomic E-state index is 12.5. The lowest BCUT2D eigenvalue weighted by atomic mass is 10.2. The van der Waals surface area contributed by atoms with Crippen molar-refractivity contribution in [3.8, 4) is 0 Å². The molecule has 3 rings (SSSR count). The zero-order chi connectivity index (χ0) is 20.1. The van der Waals surface area contributed by atoms with Crippen molar-refractivity contribution in [3.05, 3.63) is 24.2 Å². The Morgan fingerprint density at radius 2 is 1.93 bits per heavy atom. The van der Waals surface area contributed by atoms with Crippen LogP contribution >= 0.6 is 0 Å². The van der Waals surface area contributed by atoms with Gasteiger partial charge >= 0.3 is 0 Å². The molecule has 1 saturated heterocycles. The first kappa shape index (κ1) is 20.3. The minimum atomic E-state index is 0.0739. The van der Waals surface area contributed by atoms with Gasteiger partial charge in [0.2, 0.25) is 11.8 Å². The van der Waals surface area contributed by atoms with Crippen LogP contribution in [-0.2, 0) is 20.7 Å². The molecule has 8 heteroatoms. The van der Waals surface area contributed by atoms with Crippen LogP contribution in [0, 0.1) is 0 Å². The third kappa shape index (κ3) is 4.49. The van der Waals surface area contributed by atoms with Crippen LogP contribution in [0.5, 0.6) is 0 Å². The van der Waals surface area contributed by atoms with Gasteiger partial charge in [0.1, 0.15) is 11.3 Å². The highest BCUT2D eigenvalue weighted by atomic mass is 16.5. The molecule has 1 fully saturated rings. The number of nitrogens with zero attached hydrogens (tertiary/aromatic N) is 5. The van der Waals surface area contributed by atoms with E-state index in [2.05, 4.69) is 16.5 Å². The molecule has 0 bridgehead atoms. The largest absolute Gasteiger partial charge is 0.383 e. The lowest BCUT2D eigenvalue weighted by molar-refractivity contribution is -0.138. The molecule has 2 aromatic rings. The van der Waals surface area contributed by atoms with E-state index in [1.54, 1.807) is 25.1 Å². The number of aromatic nitrogens is 3. The topological polar surface area (TPSA) is 80.6 Å². The number of piperazine rings is 1.